The van der Waals surface area contributed by atoms with E-state index in [-0.39, 0.29) is 23.1 Å². The van der Waals surface area contributed by atoms with Gasteiger partial charge in [0.2, 0.25) is 5.91 Å². The normalized spacial score (nSPS) is 10.8. The molecule has 2 aromatic rings. The van der Waals surface area contributed by atoms with Gasteiger partial charge in [-0.1, -0.05) is 13.8 Å². The Hall–Kier alpha value is -2.56. The van der Waals surface area contributed by atoms with Gasteiger partial charge >= 0.3 is 5.97 Å². The summed E-state index contributed by atoms with van der Waals surface area (Å²) in [5.74, 6) is -1.48. The maximum atomic E-state index is 11.6. The Labute approximate surface area is 115 Å². The molecule has 0 radical (unpaired) electrons. The highest BCUT2D eigenvalue weighted by Gasteiger charge is 2.11. The summed E-state index contributed by atoms with van der Waals surface area (Å²) in [6.07, 6.45) is 0. The third kappa shape index (κ3) is 2.71. The van der Waals surface area contributed by atoms with Crippen LogP contribution in [0, 0.1) is 5.92 Å². The van der Waals surface area contributed by atoms with Gasteiger partial charge < -0.3 is 15.5 Å². The van der Waals surface area contributed by atoms with Gasteiger partial charge in [0.05, 0.1) is 5.56 Å². The van der Waals surface area contributed by atoms with Crippen LogP contribution in [0.5, 0.6) is 5.75 Å². The van der Waals surface area contributed by atoms with Gasteiger partial charge in [-0.3, -0.25) is 4.79 Å². The van der Waals surface area contributed by atoms with Crippen LogP contribution in [0.25, 0.3) is 10.8 Å². The molecule has 3 N–H and O–H groups in total. The van der Waals surface area contributed by atoms with Gasteiger partial charge in [-0.05, 0) is 35.7 Å². The summed E-state index contributed by atoms with van der Waals surface area (Å²) in [7, 11) is 0. The zero-order valence-corrected chi connectivity index (χ0v) is 11.2. The zero-order chi connectivity index (χ0) is 14.9. The minimum atomic E-state index is -1.11. The van der Waals surface area contributed by atoms with Crippen LogP contribution in [0.4, 0.5) is 5.69 Å². The summed E-state index contributed by atoms with van der Waals surface area (Å²) in [4.78, 5) is 22.6. The van der Waals surface area contributed by atoms with Crippen molar-refractivity contribution in [2.24, 2.45) is 5.92 Å². The Morgan fingerprint density at radius 3 is 2.45 bits per heavy atom. The molecule has 0 aliphatic heterocycles. The van der Waals surface area contributed by atoms with Crippen LogP contribution >= 0.6 is 0 Å². The minimum absolute atomic E-state index is 0.00216. The number of hydrogen-bond donors (Lipinski definition) is 3. The lowest BCUT2D eigenvalue weighted by Gasteiger charge is -2.09. The van der Waals surface area contributed by atoms with Crippen molar-refractivity contribution in [2.75, 3.05) is 5.32 Å². The molecule has 0 saturated heterocycles. The van der Waals surface area contributed by atoms with Crippen LogP contribution < -0.4 is 5.32 Å². The Balaban J connectivity index is 2.47. The van der Waals surface area contributed by atoms with E-state index in [1.165, 1.54) is 12.1 Å². The van der Waals surface area contributed by atoms with Gasteiger partial charge in [0.25, 0.3) is 0 Å². The lowest BCUT2D eigenvalue weighted by molar-refractivity contribution is -0.118. The second-order valence-electron chi connectivity index (χ2n) is 4.88. The number of phenolic OH excluding ortho intramolecular Hbond substituents is 1. The van der Waals surface area contributed by atoms with E-state index in [1.807, 2.05) is 0 Å². The van der Waals surface area contributed by atoms with Crippen molar-refractivity contribution < 1.29 is 19.8 Å². The van der Waals surface area contributed by atoms with E-state index in [1.54, 1.807) is 32.0 Å². The fraction of sp³-hybridized carbons (Fsp3) is 0.200. The second kappa shape index (κ2) is 5.21. The Bertz CT molecular complexity index is 692. The summed E-state index contributed by atoms with van der Waals surface area (Å²) in [6.45, 7) is 3.56. The topological polar surface area (TPSA) is 86.6 Å². The number of aromatic carboxylic acids is 1. The monoisotopic (exact) mass is 273 g/mol. The van der Waals surface area contributed by atoms with Gasteiger partial charge in [0.1, 0.15) is 5.75 Å². The molecule has 2 aromatic carbocycles. The number of phenols is 1. The highest BCUT2D eigenvalue weighted by molar-refractivity contribution is 6.00. The number of rotatable bonds is 3. The molecule has 0 aliphatic carbocycles. The highest BCUT2D eigenvalue weighted by atomic mass is 16.4. The van der Waals surface area contributed by atoms with E-state index in [0.717, 1.165) is 0 Å². The van der Waals surface area contributed by atoms with E-state index < -0.39 is 5.97 Å². The fourth-order valence-electron chi connectivity index (χ4n) is 1.84. The number of fused-ring (bicyclic) bond motifs is 1. The Kier molecular flexibility index (Phi) is 3.61. The molecule has 0 aliphatic rings. The summed E-state index contributed by atoms with van der Waals surface area (Å²) >= 11 is 0. The minimum Gasteiger partial charge on any atom is -0.507 e. The van der Waals surface area contributed by atoms with E-state index in [9.17, 15) is 14.7 Å². The lowest BCUT2D eigenvalue weighted by atomic mass is 10.0. The molecular formula is C15H15NO4. The van der Waals surface area contributed by atoms with Crippen LogP contribution in [-0.4, -0.2) is 22.1 Å². The number of aromatic hydroxyl groups is 1. The number of nitrogens with one attached hydrogen (secondary N) is 1. The zero-order valence-electron chi connectivity index (χ0n) is 11.2. The number of carbonyl (C=O) groups is 2. The van der Waals surface area contributed by atoms with Crippen LogP contribution in [-0.2, 0) is 4.79 Å². The first kappa shape index (κ1) is 13.9. The molecule has 0 fully saturated rings. The molecule has 0 bridgehead atoms. The van der Waals surface area contributed by atoms with E-state index in [0.29, 0.717) is 16.5 Å². The van der Waals surface area contributed by atoms with Gasteiger partial charge in [-0.2, -0.15) is 0 Å². The van der Waals surface area contributed by atoms with Crippen LogP contribution in [0.2, 0.25) is 0 Å². The van der Waals surface area contributed by atoms with E-state index in [2.05, 4.69) is 5.32 Å². The first-order valence-electron chi connectivity index (χ1n) is 6.19. The van der Waals surface area contributed by atoms with Crippen LogP contribution in [0.1, 0.15) is 24.2 Å². The third-order valence-corrected chi connectivity index (χ3v) is 2.97. The van der Waals surface area contributed by atoms with Crippen molar-refractivity contribution in [3.8, 4) is 5.75 Å². The van der Waals surface area contributed by atoms with Crippen LogP contribution in [0.3, 0.4) is 0 Å². The van der Waals surface area contributed by atoms with Crippen LogP contribution in [0.15, 0.2) is 30.3 Å². The first-order chi connectivity index (χ1) is 9.38. The molecular weight excluding hydrogens is 258 g/mol. The number of amides is 1. The van der Waals surface area contributed by atoms with Crippen molar-refractivity contribution in [2.45, 2.75) is 13.8 Å². The third-order valence-electron chi connectivity index (χ3n) is 2.97. The fourth-order valence-corrected chi connectivity index (χ4v) is 1.84. The summed E-state index contributed by atoms with van der Waals surface area (Å²) in [5, 5.41) is 22.6. The maximum absolute atomic E-state index is 11.6. The SMILES string of the molecule is CC(C)C(=O)Nc1ccc2c(O)cc(C(=O)O)cc2c1. The largest absolute Gasteiger partial charge is 0.507 e. The smallest absolute Gasteiger partial charge is 0.335 e. The van der Waals surface area contributed by atoms with Crippen molar-refractivity contribution in [3.05, 3.63) is 35.9 Å². The average molecular weight is 273 g/mol. The summed E-state index contributed by atoms with van der Waals surface area (Å²) in [6, 6.07) is 7.62. The summed E-state index contributed by atoms with van der Waals surface area (Å²) < 4.78 is 0. The predicted octanol–water partition coefficient (Wildman–Crippen LogP) is 2.84. The highest BCUT2D eigenvalue weighted by Crippen LogP contribution is 2.29. The van der Waals surface area contributed by atoms with Crippen molar-refractivity contribution in [1.29, 1.82) is 0 Å². The quantitative estimate of drug-likeness (QED) is 0.802. The average Bonchev–Trinajstić information content (AvgIpc) is 2.37. The van der Waals surface area contributed by atoms with Crippen molar-refractivity contribution in [1.82, 2.24) is 0 Å². The molecule has 5 nitrogen and oxygen atoms in total. The molecule has 20 heavy (non-hydrogen) atoms. The molecule has 0 unspecified atom stereocenters. The molecule has 0 aromatic heterocycles. The van der Waals surface area contributed by atoms with Gasteiger partial charge in [0, 0.05) is 17.0 Å². The number of anilines is 1. The summed E-state index contributed by atoms with van der Waals surface area (Å²) in [5.41, 5.74) is 0.570. The predicted molar refractivity (Wildman–Crippen MR) is 76.0 cm³/mol. The van der Waals surface area contributed by atoms with Gasteiger partial charge in [-0.25, -0.2) is 4.79 Å². The van der Waals surface area contributed by atoms with E-state index >= 15 is 0 Å². The molecule has 0 saturated carbocycles. The molecule has 0 heterocycles. The van der Waals surface area contributed by atoms with Crippen molar-refractivity contribution in [3.63, 3.8) is 0 Å². The number of benzene rings is 2. The standard InChI is InChI=1S/C15H15NO4/c1-8(2)14(18)16-11-3-4-12-9(6-11)5-10(15(19)20)7-13(12)17/h3-8,17H,1-2H3,(H,16,18)(H,19,20). The van der Waals surface area contributed by atoms with Gasteiger partial charge in [0.15, 0.2) is 0 Å². The molecule has 5 heteroatoms. The first-order valence-corrected chi connectivity index (χ1v) is 6.19. The maximum Gasteiger partial charge on any atom is 0.335 e. The number of carboxylic acids is 1. The van der Waals surface area contributed by atoms with Crippen molar-refractivity contribution >= 4 is 28.3 Å². The second-order valence-corrected chi connectivity index (χ2v) is 4.88. The Morgan fingerprint density at radius 1 is 1.15 bits per heavy atom. The van der Waals surface area contributed by atoms with Gasteiger partial charge in [-0.15, -0.1) is 0 Å². The molecule has 1 amide bonds. The van der Waals surface area contributed by atoms with E-state index in [4.69, 9.17) is 5.11 Å². The number of carboxylic acid groups (broad SMARTS) is 1. The number of carbonyl (C=O) groups excluding carboxylic acids is 1. The lowest BCUT2D eigenvalue weighted by Crippen LogP contribution is -2.17. The number of hydrogen-bond acceptors (Lipinski definition) is 3. The Morgan fingerprint density at radius 2 is 1.85 bits per heavy atom. The molecule has 0 atom stereocenters. The molecule has 104 valence electrons. The molecule has 0 spiro atoms. The molecule has 2 rings (SSSR count).